The fourth-order valence-electron chi connectivity index (χ4n) is 2.40. The van der Waals surface area contributed by atoms with Crippen molar-refractivity contribution in [2.75, 3.05) is 13.6 Å². The average Bonchev–Trinajstić information content (AvgIpc) is 2.43. The lowest BCUT2D eigenvalue weighted by Crippen LogP contribution is -2.38. The number of carbonyl (C=O) groups is 2. The first-order valence-electron chi connectivity index (χ1n) is 6.97. The van der Waals surface area contributed by atoms with Gasteiger partial charge in [0, 0.05) is 26.4 Å². The van der Waals surface area contributed by atoms with Crippen LogP contribution in [0.3, 0.4) is 0 Å². The van der Waals surface area contributed by atoms with Gasteiger partial charge >= 0.3 is 0 Å². The number of carbonyl (C=O) groups excluding carboxylic acids is 2. The van der Waals surface area contributed by atoms with Crippen LogP contribution >= 0.6 is 0 Å². The van der Waals surface area contributed by atoms with Crippen LogP contribution in [0.1, 0.15) is 44.9 Å². The Morgan fingerprint density at radius 1 is 1.37 bits per heavy atom. The molecule has 104 valence electrons. The van der Waals surface area contributed by atoms with Crippen LogP contribution in [0.4, 0.5) is 0 Å². The minimum atomic E-state index is -0.143. The molecule has 19 heavy (non-hydrogen) atoms. The molecule has 0 aromatic rings. The number of hydrogen-bond donors (Lipinski definition) is 1. The number of amides is 2. The van der Waals surface area contributed by atoms with Gasteiger partial charge in [-0.1, -0.05) is 11.6 Å². The van der Waals surface area contributed by atoms with Crippen molar-refractivity contribution in [1.82, 2.24) is 10.3 Å². The predicted octanol–water partition coefficient (Wildman–Crippen LogP) is 1.60. The van der Waals surface area contributed by atoms with Crippen molar-refractivity contribution in [2.24, 2.45) is 5.10 Å². The zero-order valence-electron chi connectivity index (χ0n) is 11.4. The van der Waals surface area contributed by atoms with Gasteiger partial charge in [-0.3, -0.25) is 9.59 Å². The Bertz CT molecular complexity index is 426. The Kier molecular flexibility index (Phi) is 4.71. The molecule has 1 aliphatic heterocycles. The van der Waals surface area contributed by atoms with Crippen molar-refractivity contribution in [3.05, 3.63) is 11.6 Å². The predicted molar refractivity (Wildman–Crippen MR) is 73.6 cm³/mol. The first-order chi connectivity index (χ1) is 9.16. The van der Waals surface area contributed by atoms with Crippen LogP contribution in [0.5, 0.6) is 0 Å². The van der Waals surface area contributed by atoms with E-state index in [0.29, 0.717) is 25.1 Å². The molecule has 0 fully saturated rings. The number of hydrogen-bond acceptors (Lipinski definition) is 3. The molecule has 0 spiro atoms. The summed E-state index contributed by atoms with van der Waals surface area (Å²) >= 11 is 0. The lowest BCUT2D eigenvalue weighted by molar-refractivity contribution is -0.130. The normalized spacial score (nSPS) is 19.8. The highest BCUT2D eigenvalue weighted by Crippen LogP contribution is 2.19. The van der Waals surface area contributed by atoms with E-state index >= 15 is 0 Å². The molecule has 0 unspecified atom stereocenters. The van der Waals surface area contributed by atoms with Crippen LogP contribution in [0.15, 0.2) is 16.8 Å². The lowest BCUT2D eigenvalue weighted by atomic mass is 9.97. The van der Waals surface area contributed by atoms with Crippen molar-refractivity contribution in [2.45, 2.75) is 44.9 Å². The van der Waals surface area contributed by atoms with Gasteiger partial charge in [0.05, 0.1) is 0 Å². The Morgan fingerprint density at radius 3 is 2.89 bits per heavy atom. The monoisotopic (exact) mass is 263 g/mol. The molecule has 0 atom stereocenters. The second-order valence-corrected chi connectivity index (χ2v) is 5.08. The van der Waals surface area contributed by atoms with E-state index in [2.05, 4.69) is 16.5 Å². The second kappa shape index (κ2) is 6.50. The van der Waals surface area contributed by atoms with Gasteiger partial charge in [0.2, 0.25) is 5.91 Å². The van der Waals surface area contributed by atoms with Crippen LogP contribution in [-0.2, 0) is 9.59 Å². The summed E-state index contributed by atoms with van der Waals surface area (Å²) in [6.45, 7) is 0.654. The first-order valence-corrected chi connectivity index (χ1v) is 6.97. The summed E-state index contributed by atoms with van der Waals surface area (Å²) in [4.78, 5) is 23.2. The van der Waals surface area contributed by atoms with E-state index in [1.165, 1.54) is 29.8 Å². The average molecular weight is 263 g/mol. The Morgan fingerprint density at radius 2 is 2.21 bits per heavy atom. The molecule has 5 nitrogen and oxygen atoms in total. The summed E-state index contributed by atoms with van der Waals surface area (Å²) in [6, 6.07) is 0. The molecule has 0 bridgehead atoms. The van der Waals surface area contributed by atoms with E-state index in [1.54, 1.807) is 7.05 Å². The van der Waals surface area contributed by atoms with E-state index < -0.39 is 0 Å². The van der Waals surface area contributed by atoms with E-state index in [9.17, 15) is 9.59 Å². The maximum Gasteiger partial charge on any atom is 0.267 e. The van der Waals surface area contributed by atoms with Crippen LogP contribution in [-0.4, -0.2) is 36.1 Å². The molecule has 2 rings (SSSR count). The smallest absolute Gasteiger partial charge is 0.267 e. The fraction of sp³-hybridized carbons (Fsp3) is 0.643. The maximum absolute atomic E-state index is 11.9. The van der Waals surface area contributed by atoms with Gasteiger partial charge in [-0.05, 0) is 32.1 Å². The van der Waals surface area contributed by atoms with Crippen molar-refractivity contribution in [3.8, 4) is 0 Å². The van der Waals surface area contributed by atoms with Crippen molar-refractivity contribution in [1.29, 1.82) is 0 Å². The molecule has 1 N–H and O–H groups in total. The number of allylic oxidation sites excluding steroid dienone is 1. The van der Waals surface area contributed by atoms with Crippen molar-refractivity contribution >= 4 is 17.5 Å². The quantitative estimate of drug-likeness (QED) is 0.783. The zero-order chi connectivity index (χ0) is 13.7. The number of rotatable bonds is 4. The van der Waals surface area contributed by atoms with Gasteiger partial charge in [0.15, 0.2) is 0 Å². The molecule has 0 saturated carbocycles. The topological polar surface area (TPSA) is 61.8 Å². The van der Waals surface area contributed by atoms with Gasteiger partial charge in [-0.2, -0.15) is 5.10 Å². The highest BCUT2D eigenvalue weighted by atomic mass is 16.2. The standard InChI is InChI=1S/C14H21N3O2/c1-17-13(18)8-7-12(16-17)14(19)15-10-9-11-5-3-2-4-6-11/h5H,2-4,6-10H2,1H3,(H,15,19). The molecule has 1 heterocycles. The summed E-state index contributed by atoms with van der Waals surface area (Å²) in [5.41, 5.74) is 1.91. The van der Waals surface area contributed by atoms with E-state index in [-0.39, 0.29) is 11.8 Å². The first kappa shape index (κ1) is 13.8. The third kappa shape index (κ3) is 3.91. The lowest BCUT2D eigenvalue weighted by Gasteiger charge is -2.19. The highest BCUT2D eigenvalue weighted by Gasteiger charge is 2.21. The summed E-state index contributed by atoms with van der Waals surface area (Å²) in [5, 5.41) is 8.14. The molecule has 2 aliphatic rings. The largest absolute Gasteiger partial charge is 0.351 e. The van der Waals surface area contributed by atoms with Crippen LogP contribution in [0.2, 0.25) is 0 Å². The SMILES string of the molecule is CN1N=C(C(=O)NCCC2=CCCCC2)CCC1=O. The molecular formula is C14H21N3O2. The second-order valence-electron chi connectivity index (χ2n) is 5.08. The molecule has 0 radical (unpaired) electrons. The van der Waals surface area contributed by atoms with E-state index in [4.69, 9.17) is 0 Å². The van der Waals surface area contributed by atoms with Crippen LogP contribution in [0.25, 0.3) is 0 Å². The zero-order valence-corrected chi connectivity index (χ0v) is 11.4. The minimum Gasteiger partial charge on any atom is -0.351 e. The van der Waals surface area contributed by atoms with Gasteiger partial charge in [0.1, 0.15) is 5.71 Å². The Hall–Kier alpha value is -1.65. The number of nitrogens with one attached hydrogen (secondary N) is 1. The van der Waals surface area contributed by atoms with Crippen LogP contribution < -0.4 is 5.32 Å². The summed E-state index contributed by atoms with van der Waals surface area (Å²) in [5.74, 6) is -0.181. The molecular weight excluding hydrogens is 242 g/mol. The van der Waals surface area contributed by atoms with E-state index in [0.717, 1.165) is 12.8 Å². The van der Waals surface area contributed by atoms with Gasteiger partial charge < -0.3 is 5.32 Å². The molecule has 5 heteroatoms. The summed E-state index contributed by atoms with van der Waals surface area (Å²) in [6.07, 6.45) is 8.91. The van der Waals surface area contributed by atoms with E-state index in [1.807, 2.05) is 0 Å². The van der Waals surface area contributed by atoms with Crippen LogP contribution in [0, 0.1) is 0 Å². The van der Waals surface area contributed by atoms with Crippen molar-refractivity contribution < 1.29 is 9.59 Å². The molecule has 0 aromatic heterocycles. The molecule has 2 amide bonds. The molecule has 1 aliphatic carbocycles. The fourth-order valence-corrected chi connectivity index (χ4v) is 2.40. The third-order valence-electron chi connectivity index (χ3n) is 3.59. The van der Waals surface area contributed by atoms with Gasteiger partial charge in [-0.25, -0.2) is 5.01 Å². The summed E-state index contributed by atoms with van der Waals surface area (Å²) in [7, 11) is 1.58. The Labute approximate surface area is 113 Å². The maximum atomic E-state index is 11.9. The third-order valence-corrected chi connectivity index (χ3v) is 3.59. The minimum absolute atomic E-state index is 0.0380. The highest BCUT2D eigenvalue weighted by molar-refractivity contribution is 6.39. The Balaban J connectivity index is 1.77. The van der Waals surface area contributed by atoms with Crippen molar-refractivity contribution in [3.63, 3.8) is 0 Å². The molecule has 0 aromatic carbocycles. The molecule has 0 saturated heterocycles. The van der Waals surface area contributed by atoms with Gasteiger partial charge in [-0.15, -0.1) is 0 Å². The van der Waals surface area contributed by atoms with Gasteiger partial charge in [0.25, 0.3) is 5.91 Å². The number of nitrogens with zero attached hydrogens (tertiary/aromatic N) is 2. The number of hydrazone groups is 1. The summed E-state index contributed by atoms with van der Waals surface area (Å²) < 4.78 is 0.